The topological polar surface area (TPSA) is 30.9 Å². The molecular formula is C18H30N2S. The summed E-state index contributed by atoms with van der Waals surface area (Å²) in [6.45, 7) is 7.02. The number of thioether (sulfide) groups is 1. The number of rotatable bonds is 2. The molecule has 0 spiro atoms. The number of aryl methyl sites for hydroxylation is 1. The van der Waals surface area contributed by atoms with Crippen molar-refractivity contribution in [3.63, 3.8) is 0 Å². The summed E-state index contributed by atoms with van der Waals surface area (Å²) in [5, 5.41) is 0.839. The van der Waals surface area contributed by atoms with Crippen molar-refractivity contribution in [1.29, 1.82) is 0 Å². The number of nitrogens with zero attached hydrogens (tertiary/aromatic N) is 1. The minimum atomic E-state index is 0.226. The third kappa shape index (κ3) is 2.92. The zero-order chi connectivity index (χ0) is 15.2. The molecule has 3 rings (SSSR count). The summed E-state index contributed by atoms with van der Waals surface area (Å²) in [6.07, 6.45) is 10.0. The lowest BCUT2D eigenvalue weighted by Gasteiger charge is -2.37. The third-order valence-corrected chi connectivity index (χ3v) is 6.58. The van der Waals surface area contributed by atoms with Crippen molar-refractivity contribution in [1.82, 2.24) is 4.57 Å². The fourth-order valence-electron chi connectivity index (χ4n) is 4.55. The minimum absolute atomic E-state index is 0.226. The van der Waals surface area contributed by atoms with Crippen LogP contribution in [0.2, 0.25) is 0 Å². The predicted octanol–water partition coefficient (Wildman–Crippen LogP) is 4.62. The highest BCUT2D eigenvalue weighted by Gasteiger charge is 2.35. The number of nitrogens with two attached hydrogens (primary N) is 1. The van der Waals surface area contributed by atoms with Gasteiger partial charge in [0.25, 0.3) is 0 Å². The Morgan fingerprint density at radius 1 is 1.33 bits per heavy atom. The lowest BCUT2D eigenvalue weighted by Crippen LogP contribution is -2.32. The van der Waals surface area contributed by atoms with Gasteiger partial charge in [0, 0.05) is 28.7 Å². The van der Waals surface area contributed by atoms with E-state index in [1.165, 1.54) is 43.4 Å². The van der Waals surface area contributed by atoms with Crippen LogP contribution >= 0.6 is 11.8 Å². The van der Waals surface area contributed by atoms with E-state index in [2.05, 4.69) is 49.4 Å². The van der Waals surface area contributed by atoms with E-state index in [-0.39, 0.29) is 6.04 Å². The number of aromatic nitrogens is 1. The summed E-state index contributed by atoms with van der Waals surface area (Å²) in [5.41, 5.74) is 11.2. The van der Waals surface area contributed by atoms with Gasteiger partial charge in [-0.15, -0.1) is 0 Å². The zero-order valence-electron chi connectivity index (χ0n) is 14.0. The largest absolute Gasteiger partial charge is 0.345 e. The van der Waals surface area contributed by atoms with Gasteiger partial charge >= 0.3 is 0 Å². The van der Waals surface area contributed by atoms with Gasteiger partial charge in [0.05, 0.1) is 0 Å². The normalized spacial score (nSPS) is 32.0. The highest BCUT2D eigenvalue weighted by atomic mass is 32.2. The van der Waals surface area contributed by atoms with Crippen LogP contribution in [0.1, 0.15) is 75.0 Å². The Bertz CT molecular complexity index is 518. The Hall–Kier alpha value is -0.410. The Balaban J connectivity index is 1.96. The summed E-state index contributed by atoms with van der Waals surface area (Å²) < 4.78 is 2.67. The summed E-state index contributed by atoms with van der Waals surface area (Å²) in [7, 11) is 0. The summed E-state index contributed by atoms with van der Waals surface area (Å²) in [6, 6.07) is 3.29. The van der Waals surface area contributed by atoms with Crippen molar-refractivity contribution in [3.05, 3.63) is 23.0 Å². The van der Waals surface area contributed by atoms with Crippen LogP contribution in [0, 0.1) is 12.3 Å². The summed E-state index contributed by atoms with van der Waals surface area (Å²) in [5.74, 6) is 0. The lowest BCUT2D eigenvalue weighted by atomic mass is 9.74. The summed E-state index contributed by atoms with van der Waals surface area (Å²) in [4.78, 5) is 0. The van der Waals surface area contributed by atoms with Crippen LogP contribution in [0.15, 0.2) is 6.07 Å². The van der Waals surface area contributed by atoms with Gasteiger partial charge in [0.2, 0.25) is 0 Å². The molecule has 0 bridgehead atoms. The first kappa shape index (κ1) is 15.5. The van der Waals surface area contributed by atoms with E-state index in [4.69, 9.17) is 5.73 Å². The molecule has 0 amide bonds. The van der Waals surface area contributed by atoms with Gasteiger partial charge in [-0.3, -0.25) is 0 Å². The third-order valence-electron chi connectivity index (χ3n) is 5.48. The maximum absolute atomic E-state index is 6.47. The van der Waals surface area contributed by atoms with E-state index in [0.717, 1.165) is 11.7 Å². The first-order valence-corrected chi connectivity index (χ1v) is 9.69. The van der Waals surface area contributed by atoms with Crippen LogP contribution in [0.5, 0.6) is 0 Å². The second-order valence-electron chi connectivity index (χ2n) is 7.89. The standard InChI is InChI=1S/C18H30N2S/c1-12-8-15-16(19)10-18(2,3)11-17(15)20(12)13-6-5-7-14(9-13)21-4/h8,13-14,16H,5-7,9-11,19H2,1-4H3. The van der Waals surface area contributed by atoms with Crippen molar-refractivity contribution in [2.45, 2.75) is 76.6 Å². The molecule has 3 atom stereocenters. The fourth-order valence-corrected chi connectivity index (χ4v) is 5.36. The van der Waals surface area contributed by atoms with Crippen LogP contribution in [0.4, 0.5) is 0 Å². The molecule has 0 aliphatic heterocycles. The van der Waals surface area contributed by atoms with Gasteiger partial charge in [-0.05, 0) is 62.3 Å². The average Bonchev–Trinajstić information content (AvgIpc) is 2.74. The molecule has 118 valence electrons. The molecular weight excluding hydrogens is 276 g/mol. The quantitative estimate of drug-likeness (QED) is 0.864. The van der Waals surface area contributed by atoms with E-state index < -0.39 is 0 Å². The Morgan fingerprint density at radius 3 is 2.81 bits per heavy atom. The first-order chi connectivity index (χ1) is 9.91. The number of fused-ring (bicyclic) bond motifs is 1. The van der Waals surface area contributed by atoms with Gasteiger partial charge in [-0.2, -0.15) is 11.8 Å². The minimum Gasteiger partial charge on any atom is -0.345 e. The van der Waals surface area contributed by atoms with Crippen molar-refractivity contribution >= 4 is 11.8 Å². The molecule has 1 aromatic heterocycles. The highest BCUT2D eigenvalue weighted by Crippen LogP contribution is 2.44. The van der Waals surface area contributed by atoms with Gasteiger partial charge in [0.1, 0.15) is 0 Å². The molecule has 3 heteroatoms. The van der Waals surface area contributed by atoms with Gasteiger partial charge in [-0.1, -0.05) is 20.3 Å². The molecule has 2 aliphatic carbocycles. The SMILES string of the molecule is CSC1CCCC(n2c(C)cc3c2CC(C)(C)CC3N)C1. The van der Waals surface area contributed by atoms with Crippen molar-refractivity contribution < 1.29 is 0 Å². The van der Waals surface area contributed by atoms with E-state index in [1.807, 2.05) is 0 Å². The predicted molar refractivity (Wildman–Crippen MR) is 93.0 cm³/mol. The highest BCUT2D eigenvalue weighted by molar-refractivity contribution is 7.99. The van der Waals surface area contributed by atoms with Crippen molar-refractivity contribution in [3.8, 4) is 0 Å². The molecule has 1 saturated carbocycles. The maximum Gasteiger partial charge on any atom is 0.0346 e. The molecule has 3 unspecified atom stereocenters. The molecule has 0 radical (unpaired) electrons. The molecule has 2 aliphatic rings. The first-order valence-electron chi connectivity index (χ1n) is 8.40. The molecule has 1 heterocycles. The lowest BCUT2D eigenvalue weighted by molar-refractivity contribution is 0.263. The van der Waals surface area contributed by atoms with Crippen LogP contribution < -0.4 is 5.73 Å². The average molecular weight is 307 g/mol. The van der Waals surface area contributed by atoms with Crippen molar-refractivity contribution in [2.24, 2.45) is 11.1 Å². The fraction of sp³-hybridized carbons (Fsp3) is 0.778. The second kappa shape index (κ2) is 5.66. The van der Waals surface area contributed by atoms with Crippen LogP contribution in [-0.4, -0.2) is 16.1 Å². The Kier molecular flexibility index (Phi) is 4.17. The van der Waals surface area contributed by atoms with Crippen molar-refractivity contribution in [2.75, 3.05) is 6.26 Å². The van der Waals surface area contributed by atoms with E-state index in [1.54, 1.807) is 5.69 Å². The van der Waals surface area contributed by atoms with E-state index >= 15 is 0 Å². The molecule has 0 saturated heterocycles. The zero-order valence-corrected chi connectivity index (χ0v) is 14.8. The molecule has 1 fully saturated rings. The smallest absolute Gasteiger partial charge is 0.0346 e. The summed E-state index contributed by atoms with van der Waals surface area (Å²) >= 11 is 2.05. The number of hydrogen-bond acceptors (Lipinski definition) is 2. The maximum atomic E-state index is 6.47. The second-order valence-corrected chi connectivity index (χ2v) is 9.03. The number of hydrogen-bond donors (Lipinski definition) is 1. The van der Waals surface area contributed by atoms with Gasteiger partial charge < -0.3 is 10.3 Å². The monoisotopic (exact) mass is 306 g/mol. The molecule has 2 nitrogen and oxygen atoms in total. The molecule has 1 aromatic rings. The van der Waals surface area contributed by atoms with Gasteiger partial charge in [-0.25, -0.2) is 0 Å². The van der Waals surface area contributed by atoms with E-state index in [0.29, 0.717) is 11.5 Å². The van der Waals surface area contributed by atoms with Crippen LogP contribution in [0.25, 0.3) is 0 Å². The Labute approximate surface area is 133 Å². The molecule has 21 heavy (non-hydrogen) atoms. The molecule has 0 aromatic carbocycles. The van der Waals surface area contributed by atoms with Gasteiger partial charge in [0.15, 0.2) is 0 Å². The molecule has 2 N–H and O–H groups in total. The van der Waals surface area contributed by atoms with E-state index in [9.17, 15) is 0 Å². The Morgan fingerprint density at radius 2 is 2.10 bits per heavy atom. The van der Waals surface area contributed by atoms with Crippen LogP contribution in [0.3, 0.4) is 0 Å². The van der Waals surface area contributed by atoms with Crippen LogP contribution in [-0.2, 0) is 6.42 Å².